The van der Waals surface area contributed by atoms with Crippen LogP contribution in [0.25, 0.3) is 61.7 Å². The summed E-state index contributed by atoms with van der Waals surface area (Å²) in [5.41, 5.74) is 26.2. The molecule has 5 heterocycles. The lowest BCUT2D eigenvalue weighted by Gasteiger charge is -2.40. The summed E-state index contributed by atoms with van der Waals surface area (Å²) in [6.45, 7) is 31.7. The first kappa shape index (κ1) is 106. The third-order valence-corrected chi connectivity index (χ3v) is 27.4. The monoisotopic (exact) mass is 1990 g/mol. The van der Waals surface area contributed by atoms with Gasteiger partial charge in [-0.2, -0.15) is 13.9 Å². The van der Waals surface area contributed by atoms with Crippen molar-refractivity contribution in [1.29, 1.82) is 0 Å². The van der Waals surface area contributed by atoms with Gasteiger partial charge in [0.25, 0.3) is 5.91 Å². The summed E-state index contributed by atoms with van der Waals surface area (Å²) >= 11 is 0. The molecule has 1 saturated carbocycles. The number of rotatable bonds is 30. The number of carbonyl (C=O) groups excluding carboxylic acids is 6. The number of nitrogens with zero attached hydrogens (tertiary/aromatic N) is 6. The van der Waals surface area contributed by atoms with Gasteiger partial charge in [0.2, 0.25) is 29.5 Å². The maximum atomic E-state index is 13.7. The maximum Gasteiger partial charge on any atom is 0.394 e. The second kappa shape index (κ2) is 48.2. The summed E-state index contributed by atoms with van der Waals surface area (Å²) in [5, 5.41) is 31.6. The van der Waals surface area contributed by atoms with Crippen LogP contribution in [0.3, 0.4) is 0 Å². The van der Waals surface area contributed by atoms with Crippen molar-refractivity contribution in [2.24, 2.45) is 11.8 Å². The van der Waals surface area contributed by atoms with Crippen LogP contribution in [0.2, 0.25) is 0 Å². The molecule has 5 aliphatic rings. The molecule has 1 fully saturated rings. The molecular formula is C123H134F2N14O9. The fourth-order valence-corrected chi connectivity index (χ4v) is 20.0. The van der Waals surface area contributed by atoms with Crippen molar-refractivity contribution in [3.05, 3.63) is 337 Å². The highest BCUT2D eigenvalue weighted by Crippen LogP contribution is 2.49. The van der Waals surface area contributed by atoms with Crippen LogP contribution in [0, 0.1) is 24.2 Å². The van der Waals surface area contributed by atoms with E-state index in [2.05, 4.69) is 222 Å². The molecule has 0 radical (unpaired) electrons. The first-order valence-corrected chi connectivity index (χ1v) is 50.8. The van der Waals surface area contributed by atoms with Crippen LogP contribution >= 0.6 is 0 Å². The van der Waals surface area contributed by atoms with Gasteiger partial charge < -0.3 is 76.3 Å². The van der Waals surface area contributed by atoms with E-state index >= 15 is 0 Å². The van der Waals surface area contributed by atoms with E-state index < -0.39 is 6.11 Å². The Kier molecular flexibility index (Phi) is 34.5. The zero-order valence-electron chi connectivity index (χ0n) is 86.8. The highest BCUT2D eigenvalue weighted by Gasteiger charge is 2.39. The zero-order valence-corrected chi connectivity index (χ0v) is 86.8. The molecule has 1 aromatic heterocycles. The zero-order chi connectivity index (χ0) is 105. The van der Waals surface area contributed by atoms with Gasteiger partial charge in [-0.1, -0.05) is 112 Å². The Labute approximate surface area is 868 Å². The van der Waals surface area contributed by atoms with E-state index in [0.29, 0.717) is 48.1 Å². The first-order chi connectivity index (χ1) is 71.1. The van der Waals surface area contributed by atoms with Crippen molar-refractivity contribution in [1.82, 2.24) is 15.1 Å². The number of ether oxygens (including phenoxy) is 3. The summed E-state index contributed by atoms with van der Waals surface area (Å²) in [7, 11) is 3.26. The van der Waals surface area contributed by atoms with Gasteiger partial charge >= 0.3 is 6.11 Å². The van der Waals surface area contributed by atoms with Crippen molar-refractivity contribution < 1.29 is 51.8 Å². The van der Waals surface area contributed by atoms with Gasteiger partial charge in [-0.25, -0.2) is 4.68 Å². The Morgan fingerprint density at radius 1 is 0.439 bits per heavy atom. The normalized spacial score (nSPS) is 17.2. The predicted molar refractivity (Wildman–Crippen MR) is 597 cm³/mol. The molecule has 764 valence electrons. The van der Waals surface area contributed by atoms with Gasteiger partial charge in [0.15, 0.2) is 0 Å². The van der Waals surface area contributed by atoms with Crippen molar-refractivity contribution in [2.75, 3.05) is 90.7 Å². The van der Waals surface area contributed by atoms with Crippen LogP contribution in [-0.4, -0.2) is 109 Å². The number of fused-ring (bicyclic) bond motifs is 4. The number of anilines is 11. The lowest BCUT2D eigenvalue weighted by atomic mass is 9.88. The number of nitrogens with one attached hydrogen (secondary N) is 8. The Balaban J connectivity index is 0.000000148. The van der Waals surface area contributed by atoms with E-state index in [1.807, 2.05) is 144 Å². The van der Waals surface area contributed by atoms with Crippen LogP contribution < -0.4 is 66.9 Å². The van der Waals surface area contributed by atoms with E-state index in [-0.39, 0.29) is 89.5 Å². The predicted octanol–water partition coefficient (Wildman–Crippen LogP) is 27.0. The smallest absolute Gasteiger partial charge is 0.394 e. The third-order valence-electron chi connectivity index (χ3n) is 27.4. The molecule has 8 N–H and O–H groups in total. The van der Waals surface area contributed by atoms with Gasteiger partial charge in [-0.15, -0.1) is 12.3 Å². The molecule has 0 bridgehead atoms. The summed E-state index contributed by atoms with van der Waals surface area (Å²) in [6, 6.07) is 90.1. The van der Waals surface area contributed by atoms with E-state index in [1.165, 1.54) is 31.4 Å². The Morgan fingerprint density at radius 2 is 0.818 bits per heavy atom. The largest absolute Gasteiger partial charge is 0.497 e. The number of methoxy groups -OCH3 is 2. The molecular weight excluding hydrogens is 1860 g/mol. The summed E-state index contributed by atoms with van der Waals surface area (Å²) in [4.78, 5) is 81.6. The van der Waals surface area contributed by atoms with E-state index in [4.69, 9.17) is 20.6 Å². The summed E-state index contributed by atoms with van der Waals surface area (Å²) in [5.74, 6) is 5.17. The van der Waals surface area contributed by atoms with Gasteiger partial charge in [0.05, 0.1) is 49.8 Å². The number of alkyl halides is 2. The van der Waals surface area contributed by atoms with Crippen molar-refractivity contribution in [3.63, 3.8) is 0 Å². The molecule has 0 saturated heterocycles. The molecule has 25 heteroatoms. The lowest BCUT2D eigenvalue weighted by molar-refractivity contribution is -0.158. The Morgan fingerprint density at radius 3 is 1.20 bits per heavy atom. The second-order valence-electron chi connectivity index (χ2n) is 39.2. The number of carbonyl (C=O) groups is 6. The van der Waals surface area contributed by atoms with Crippen molar-refractivity contribution >= 4 is 110 Å². The minimum Gasteiger partial charge on any atom is -0.497 e. The fourth-order valence-electron chi connectivity index (χ4n) is 20.0. The Bertz CT molecular complexity index is 6970. The number of aromatic nitrogens is 2. The maximum absolute atomic E-state index is 13.7. The molecule has 18 rings (SSSR count). The van der Waals surface area contributed by atoms with Gasteiger partial charge in [0, 0.05) is 178 Å². The molecule has 4 aliphatic heterocycles. The molecule has 0 spiro atoms. The summed E-state index contributed by atoms with van der Waals surface area (Å²) < 4.78 is 44.6. The quantitative estimate of drug-likeness (QED) is 0.0118. The van der Waals surface area contributed by atoms with E-state index in [1.54, 1.807) is 88.0 Å². The van der Waals surface area contributed by atoms with E-state index in [0.717, 1.165) is 187 Å². The van der Waals surface area contributed by atoms with Gasteiger partial charge in [-0.05, 0) is 339 Å². The second-order valence-corrected chi connectivity index (χ2v) is 39.2. The van der Waals surface area contributed by atoms with Crippen LogP contribution in [-0.2, 0) is 33.4 Å². The summed E-state index contributed by atoms with van der Waals surface area (Å²) in [6.07, 6.45) is 12.8. The van der Waals surface area contributed by atoms with Crippen LogP contribution in [0.1, 0.15) is 202 Å². The van der Waals surface area contributed by atoms with Crippen LogP contribution in [0.15, 0.2) is 299 Å². The SMILES string of the molecule is C#CCCNC(=O)c1ccc(N[C@@H]2C[C@H](C)N(C(C)=O)c3ccc(-c4cccc(NC(C)=O)c4)cc32)cc1.C=C(OC)c1ccc(N[C@@H]2C[C@H](C)N(C(C)=O)c3ccc(-c4cccc(NCC5CC5)c4)cc32)cc1.C=C(OC)c1ccc(N[C@@H]2C[C@H](C)N(C(C)=O)c3ccc(-c4cccc(NCCC(C)C)c4)cc32)cc1.CC(=O)N1c2ccc(-c3cccc(-n4cccn4)c3)cc2[C@H](Nc2ccccc2OC(C)(F)F)C[C@@H]1C. The molecule has 0 unspecified atom stereocenters. The van der Waals surface area contributed by atoms with Crippen LogP contribution in [0.4, 0.5) is 71.3 Å². The molecule has 8 atom stereocenters. The number of amides is 6. The standard InChI is InChI=1S/C32H39N3O2.C31H32N4O3.C31H35N3O2.C29H28F2N4O2/c1-21(2)16-17-33-29-9-7-8-26(19-29)27-12-15-32-30(20-27)31(18-22(3)35(32)24(5)36)34-28-13-10-25(11-14-28)23(4)37-6;1-5-6-16-32-31(38)23-10-13-26(14-11-23)34-29-17-20(2)35(22(4)37)30-15-12-25(19-28(29)30)24-8-7-9-27(18-24)33-21(3)36;1-20-16-30(33-27-13-10-24(11-14-27)21(2)36-4)29-18-26(12-15-31(29)34(20)22(3)35)25-6-5-7-28(17-25)32-19-23-8-9-23;1-19-16-26(33-25-10-4-5-11-28(25)37-29(3,30)31)24-18-22(12-13-27(24)35(19)20(2)36)21-8-6-9-23(17-21)34-15-7-14-32-34/h7-15,19-22,31,33-34H,4,16-18H2,1-3,5-6H3;1,7-15,18-20,29,34H,6,16-17H2,2-4H3,(H,32,38)(H,33,36);5-7,10-15,17-18,20,23,30,32-33H,2,8-9,16,19H2,1,3-4H3;4-15,17-19,26,33H,16H2,1-3H3/t22-,31+;20-,29+;20-,30+;19-,26+/m0000/s1. The molecule has 148 heavy (non-hydrogen) atoms. The minimum absolute atomic E-state index is 0.00203. The minimum atomic E-state index is -3.31. The van der Waals surface area contributed by atoms with Crippen molar-refractivity contribution in [2.45, 2.75) is 189 Å². The highest BCUT2D eigenvalue weighted by atomic mass is 19.3. The average Bonchev–Trinajstić information content (AvgIpc) is 0.932. The number of halogens is 2. The van der Waals surface area contributed by atoms with Crippen molar-refractivity contribution in [3.8, 4) is 68.3 Å². The molecule has 23 nitrogen and oxygen atoms in total. The number of hydrogen-bond acceptors (Lipinski definition) is 16. The first-order valence-electron chi connectivity index (χ1n) is 50.8. The average molecular weight is 1990 g/mol. The number of hydrogen-bond donors (Lipinski definition) is 8. The lowest BCUT2D eigenvalue weighted by Crippen LogP contribution is -2.43. The van der Waals surface area contributed by atoms with Crippen LogP contribution in [0.5, 0.6) is 5.75 Å². The molecule has 12 aromatic carbocycles. The highest BCUT2D eigenvalue weighted by molar-refractivity contribution is 5.99. The number of terminal acetylenes is 1. The van der Waals surface area contributed by atoms with Gasteiger partial charge in [-0.3, -0.25) is 28.8 Å². The van der Waals surface area contributed by atoms with E-state index in [9.17, 15) is 37.5 Å². The van der Waals surface area contributed by atoms with Gasteiger partial charge in [0.1, 0.15) is 17.3 Å². The third kappa shape index (κ3) is 26.7. The number of para-hydroxylation sites is 2. The number of benzene rings is 12. The topological polar surface area (TPSA) is 257 Å². The molecule has 1 aliphatic carbocycles. The Hall–Kier alpha value is -16.2. The molecule has 13 aromatic rings. The fraction of sp³-hybridized carbons (Fsp3) is 0.293. The molecule has 6 amide bonds.